The Hall–Kier alpha value is -1.70. The summed E-state index contributed by atoms with van der Waals surface area (Å²) in [6, 6.07) is 10.1. The fourth-order valence-corrected chi connectivity index (χ4v) is 1.50. The number of halogens is 6. The molecule has 22 heavy (non-hydrogen) atoms. The number of tetrazole rings is 1. The SMILES string of the molecule is CC(C)c1nn(C)n[n+]1-c1ccccc1.F[P-](F)(F)(F)(F)F. The van der Waals surface area contributed by atoms with Crippen LogP contribution < -0.4 is 4.68 Å². The Kier molecular flexibility index (Phi) is 4.33. The van der Waals surface area contributed by atoms with E-state index in [9.17, 15) is 25.2 Å². The molecule has 4 nitrogen and oxygen atoms in total. The predicted octanol–water partition coefficient (Wildman–Crippen LogP) is 4.60. The molecule has 2 aromatic rings. The minimum absolute atomic E-state index is 0.360. The zero-order valence-electron chi connectivity index (χ0n) is 12.0. The first-order valence-corrected chi connectivity index (χ1v) is 8.11. The zero-order valence-corrected chi connectivity index (χ0v) is 12.9. The van der Waals surface area contributed by atoms with E-state index in [0.29, 0.717) is 5.92 Å². The van der Waals surface area contributed by atoms with Crippen molar-refractivity contribution in [3.63, 3.8) is 0 Å². The van der Waals surface area contributed by atoms with E-state index in [2.05, 4.69) is 24.2 Å². The third-order valence-electron chi connectivity index (χ3n) is 2.20. The van der Waals surface area contributed by atoms with Crippen molar-refractivity contribution in [2.45, 2.75) is 19.8 Å². The molecule has 0 saturated heterocycles. The second-order valence-electron chi connectivity index (χ2n) is 4.80. The molecule has 126 valence electrons. The quantitative estimate of drug-likeness (QED) is 0.452. The number of aromatic nitrogens is 4. The molecule has 2 rings (SSSR count). The Morgan fingerprint density at radius 2 is 1.45 bits per heavy atom. The Bertz CT molecular complexity index is 624. The van der Waals surface area contributed by atoms with Crippen LogP contribution in [-0.2, 0) is 7.05 Å². The van der Waals surface area contributed by atoms with Crippen LogP contribution >= 0.6 is 7.81 Å². The van der Waals surface area contributed by atoms with Gasteiger partial charge in [0, 0.05) is 5.92 Å². The molecule has 0 amide bonds. The van der Waals surface area contributed by atoms with Crippen molar-refractivity contribution in [2.24, 2.45) is 7.05 Å². The van der Waals surface area contributed by atoms with E-state index < -0.39 is 7.81 Å². The van der Waals surface area contributed by atoms with Crippen molar-refractivity contribution in [1.29, 1.82) is 0 Å². The van der Waals surface area contributed by atoms with Crippen LogP contribution in [-0.4, -0.2) is 15.1 Å². The van der Waals surface area contributed by atoms with Crippen molar-refractivity contribution in [3.8, 4) is 5.69 Å². The average molecular weight is 348 g/mol. The van der Waals surface area contributed by atoms with Crippen LogP contribution in [0.25, 0.3) is 5.69 Å². The number of hydrogen-bond acceptors (Lipinski definition) is 2. The summed E-state index contributed by atoms with van der Waals surface area (Å²) in [5.74, 6) is 1.34. The molecule has 0 N–H and O–H groups in total. The van der Waals surface area contributed by atoms with Gasteiger partial charge in [0.05, 0.1) is 10.3 Å². The van der Waals surface area contributed by atoms with E-state index in [4.69, 9.17) is 0 Å². The third kappa shape index (κ3) is 7.92. The van der Waals surface area contributed by atoms with Gasteiger partial charge in [-0.3, -0.25) is 0 Å². The minimum atomic E-state index is -10.7. The summed E-state index contributed by atoms with van der Waals surface area (Å²) in [5, 5.41) is 8.68. The van der Waals surface area contributed by atoms with Crippen molar-refractivity contribution < 1.29 is 29.9 Å². The molecule has 0 saturated carbocycles. The molecule has 11 heteroatoms. The van der Waals surface area contributed by atoms with Crippen LogP contribution in [0.3, 0.4) is 0 Å². The van der Waals surface area contributed by atoms with E-state index in [0.717, 1.165) is 11.5 Å². The van der Waals surface area contributed by atoms with E-state index in [1.54, 1.807) is 4.80 Å². The number of hydrogen-bond donors (Lipinski definition) is 0. The topological polar surface area (TPSA) is 34.6 Å². The van der Waals surface area contributed by atoms with E-state index in [1.165, 1.54) is 0 Å². The number of para-hydroxylation sites is 1. The van der Waals surface area contributed by atoms with Gasteiger partial charge in [-0.1, -0.05) is 32.0 Å². The zero-order chi connectivity index (χ0) is 17.2. The normalized spacial score (nSPS) is 14.8. The van der Waals surface area contributed by atoms with Gasteiger partial charge in [-0.15, -0.1) is 4.68 Å². The summed E-state index contributed by atoms with van der Waals surface area (Å²) in [4.78, 5) is 1.60. The second-order valence-corrected chi connectivity index (χ2v) is 6.71. The van der Waals surface area contributed by atoms with Crippen LogP contribution in [0.15, 0.2) is 30.3 Å². The molecule has 0 aliphatic heterocycles. The van der Waals surface area contributed by atoms with Crippen LogP contribution in [0, 0.1) is 0 Å². The van der Waals surface area contributed by atoms with Crippen molar-refractivity contribution in [2.75, 3.05) is 0 Å². The van der Waals surface area contributed by atoms with Crippen LogP contribution in [0.5, 0.6) is 0 Å². The first kappa shape index (κ1) is 18.3. The van der Waals surface area contributed by atoms with Crippen LogP contribution in [0.4, 0.5) is 25.2 Å². The van der Waals surface area contributed by atoms with E-state index in [1.807, 2.05) is 42.1 Å². The molecule has 0 aliphatic rings. The fraction of sp³-hybridized carbons (Fsp3) is 0.364. The molecule has 0 spiro atoms. The van der Waals surface area contributed by atoms with Crippen LogP contribution in [0.1, 0.15) is 25.6 Å². The van der Waals surface area contributed by atoms with Gasteiger partial charge in [0.15, 0.2) is 0 Å². The van der Waals surface area contributed by atoms with Gasteiger partial charge < -0.3 is 0 Å². The van der Waals surface area contributed by atoms with Crippen molar-refractivity contribution in [1.82, 2.24) is 15.1 Å². The third-order valence-corrected chi connectivity index (χ3v) is 2.20. The van der Waals surface area contributed by atoms with Crippen molar-refractivity contribution >= 4 is 7.81 Å². The molecule has 0 fully saturated rings. The Morgan fingerprint density at radius 3 is 1.86 bits per heavy atom. The monoisotopic (exact) mass is 348 g/mol. The first-order chi connectivity index (χ1) is 9.63. The number of benzene rings is 1. The molecule has 0 aliphatic carbocycles. The second kappa shape index (κ2) is 5.19. The van der Waals surface area contributed by atoms with Gasteiger partial charge in [-0.25, -0.2) is 0 Å². The summed E-state index contributed by atoms with van der Waals surface area (Å²) in [5.41, 5.74) is 1.05. The fourth-order valence-electron chi connectivity index (χ4n) is 1.50. The summed E-state index contributed by atoms with van der Waals surface area (Å²) < 4.78 is 61.1. The van der Waals surface area contributed by atoms with Gasteiger partial charge >= 0.3 is 38.8 Å². The maximum atomic E-state index is 9.87. The predicted molar refractivity (Wildman–Crippen MR) is 70.2 cm³/mol. The standard InChI is InChI=1S/C11H15N4.F6P/c1-9(2)11-12-14(3)13-15(11)10-7-5-4-6-8-10;1-7(2,3,4,5)6/h4-9H,1-3H3;/q+1;-1. The Labute approximate surface area is 122 Å². The molecular formula is C11H15F6N4P. The van der Waals surface area contributed by atoms with Crippen molar-refractivity contribution in [3.05, 3.63) is 36.2 Å². The molecular weight excluding hydrogens is 333 g/mol. The molecule has 1 aromatic heterocycles. The molecule has 1 aromatic carbocycles. The van der Waals surface area contributed by atoms with E-state index >= 15 is 0 Å². The number of aryl methyl sites for hydroxylation is 1. The number of rotatable bonds is 2. The summed E-state index contributed by atoms with van der Waals surface area (Å²) in [7, 11) is -8.82. The maximum absolute atomic E-state index is 10.7. The summed E-state index contributed by atoms with van der Waals surface area (Å²) in [6.45, 7) is 4.23. The van der Waals surface area contributed by atoms with E-state index in [-0.39, 0.29) is 0 Å². The van der Waals surface area contributed by atoms with Gasteiger partial charge in [-0.05, 0) is 16.9 Å². The van der Waals surface area contributed by atoms with Gasteiger partial charge in [0.2, 0.25) is 0 Å². The van der Waals surface area contributed by atoms with Gasteiger partial charge in [0.25, 0.3) is 0 Å². The molecule has 0 atom stereocenters. The summed E-state index contributed by atoms with van der Waals surface area (Å²) in [6.07, 6.45) is 0. The average Bonchev–Trinajstić information content (AvgIpc) is 2.68. The van der Waals surface area contributed by atoms with Crippen LogP contribution in [0.2, 0.25) is 0 Å². The Balaban J connectivity index is 0.000000295. The molecule has 0 unspecified atom stereocenters. The Morgan fingerprint density at radius 1 is 1.00 bits per heavy atom. The first-order valence-electron chi connectivity index (χ1n) is 6.09. The molecule has 0 bridgehead atoms. The molecule has 1 heterocycles. The number of nitrogens with zero attached hydrogens (tertiary/aromatic N) is 4. The van der Waals surface area contributed by atoms with Gasteiger partial charge in [-0.2, -0.15) is 0 Å². The van der Waals surface area contributed by atoms with Gasteiger partial charge in [0.1, 0.15) is 12.7 Å². The molecule has 0 radical (unpaired) electrons. The summed E-state index contributed by atoms with van der Waals surface area (Å²) >= 11 is 0.